The fourth-order valence-corrected chi connectivity index (χ4v) is 2.09. The predicted molar refractivity (Wildman–Crippen MR) is 76.9 cm³/mol. The highest BCUT2D eigenvalue weighted by molar-refractivity contribution is 7.98. The van der Waals surface area contributed by atoms with E-state index in [4.69, 9.17) is 32.7 Å². The third kappa shape index (κ3) is 3.43. The van der Waals surface area contributed by atoms with E-state index in [2.05, 4.69) is 9.97 Å². The Bertz CT molecular complexity index is 596. The maximum atomic E-state index is 6.05. The Labute approximate surface area is 125 Å². The second kappa shape index (κ2) is 6.32. The Morgan fingerprint density at radius 1 is 1.21 bits per heavy atom. The number of methoxy groups -OCH3 is 1. The number of halogens is 2. The first kappa shape index (κ1) is 14.2. The van der Waals surface area contributed by atoms with E-state index in [-0.39, 0.29) is 0 Å². The Hall–Kier alpha value is -1.17. The van der Waals surface area contributed by atoms with Gasteiger partial charge in [-0.3, -0.25) is 0 Å². The molecule has 0 radical (unpaired) electrons. The van der Waals surface area contributed by atoms with Crippen molar-refractivity contribution in [2.75, 3.05) is 13.4 Å². The number of hydrogen-bond acceptors (Lipinski definition) is 5. The molecule has 0 unspecified atom stereocenters. The molecule has 1 aromatic carbocycles. The van der Waals surface area contributed by atoms with Crippen LogP contribution in [0.15, 0.2) is 29.6 Å². The lowest BCUT2D eigenvalue weighted by Crippen LogP contribution is -1.96. The summed E-state index contributed by atoms with van der Waals surface area (Å²) in [6, 6.07) is 4.96. The topological polar surface area (TPSA) is 44.2 Å². The van der Waals surface area contributed by atoms with Gasteiger partial charge in [-0.1, -0.05) is 35.0 Å². The third-order valence-electron chi connectivity index (χ3n) is 2.20. The zero-order valence-corrected chi connectivity index (χ0v) is 12.5. The van der Waals surface area contributed by atoms with Crippen LogP contribution in [0.3, 0.4) is 0 Å². The van der Waals surface area contributed by atoms with Gasteiger partial charge in [0, 0.05) is 5.02 Å². The number of rotatable bonds is 4. The van der Waals surface area contributed by atoms with Crippen LogP contribution < -0.4 is 9.47 Å². The van der Waals surface area contributed by atoms with E-state index in [0.717, 1.165) is 0 Å². The monoisotopic (exact) mass is 316 g/mol. The lowest BCUT2D eigenvalue weighted by molar-refractivity contribution is 0.363. The molecule has 0 amide bonds. The minimum atomic E-state index is 0.311. The van der Waals surface area contributed by atoms with Gasteiger partial charge in [0.25, 0.3) is 5.88 Å². The third-order valence-corrected chi connectivity index (χ3v) is 3.30. The van der Waals surface area contributed by atoms with E-state index in [1.165, 1.54) is 18.9 Å². The summed E-state index contributed by atoms with van der Waals surface area (Å²) >= 11 is 13.3. The van der Waals surface area contributed by atoms with E-state index in [9.17, 15) is 0 Å². The highest BCUT2D eigenvalue weighted by atomic mass is 35.5. The molecule has 0 N–H and O–H groups in total. The fourth-order valence-electron chi connectivity index (χ4n) is 1.31. The molecular formula is C12H10Cl2N2O2S. The lowest BCUT2D eigenvalue weighted by Gasteiger charge is -2.10. The highest BCUT2D eigenvalue weighted by Gasteiger charge is 2.12. The fraction of sp³-hybridized carbons (Fsp3) is 0.167. The number of thioether (sulfide) groups is 1. The van der Waals surface area contributed by atoms with Crippen LogP contribution in [0.5, 0.6) is 17.4 Å². The maximum Gasteiger partial charge on any atom is 0.266 e. The van der Waals surface area contributed by atoms with Crippen LogP contribution in [0.25, 0.3) is 0 Å². The maximum absolute atomic E-state index is 6.05. The number of aromatic nitrogens is 2. The molecule has 2 aromatic rings. The molecule has 1 heterocycles. The molecule has 0 saturated carbocycles. The van der Waals surface area contributed by atoms with Crippen LogP contribution in [-0.4, -0.2) is 23.3 Å². The van der Waals surface area contributed by atoms with Crippen LogP contribution in [0.4, 0.5) is 0 Å². The Morgan fingerprint density at radius 2 is 2.00 bits per heavy atom. The molecule has 7 heteroatoms. The van der Waals surface area contributed by atoms with Gasteiger partial charge in [0.05, 0.1) is 18.3 Å². The van der Waals surface area contributed by atoms with E-state index in [1.54, 1.807) is 24.4 Å². The molecule has 2 rings (SSSR count). The summed E-state index contributed by atoms with van der Waals surface area (Å²) in [5, 5.41) is 1.52. The van der Waals surface area contributed by atoms with Crippen LogP contribution in [0.2, 0.25) is 10.0 Å². The molecule has 0 fully saturated rings. The van der Waals surface area contributed by atoms with Crippen molar-refractivity contribution in [2.45, 2.75) is 5.16 Å². The van der Waals surface area contributed by atoms with Crippen molar-refractivity contribution in [1.82, 2.24) is 9.97 Å². The molecule has 4 nitrogen and oxygen atoms in total. The summed E-state index contributed by atoms with van der Waals surface area (Å²) in [5.41, 5.74) is 0. The minimum Gasteiger partial charge on any atom is -0.490 e. The number of nitrogens with zero attached hydrogens (tertiary/aromatic N) is 2. The Kier molecular flexibility index (Phi) is 4.74. The van der Waals surface area contributed by atoms with Gasteiger partial charge >= 0.3 is 0 Å². The van der Waals surface area contributed by atoms with Crippen molar-refractivity contribution in [1.29, 1.82) is 0 Å². The van der Waals surface area contributed by atoms with Gasteiger partial charge in [-0.25, -0.2) is 4.98 Å². The molecular weight excluding hydrogens is 307 g/mol. The normalized spacial score (nSPS) is 10.3. The van der Waals surface area contributed by atoms with Gasteiger partial charge in [0.2, 0.25) is 0 Å². The molecule has 0 aliphatic heterocycles. The first-order valence-corrected chi connectivity index (χ1v) is 7.20. The van der Waals surface area contributed by atoms with Crippen molar-refractivity contribution in [3.63, 3.8) is 0 Å². The summed E-state index contributed by atoms with van der Waals surface area (Å²) in [4.78, 5) is 8.33. The average molecular weight is 317 g/mol. The van der Waals surface area contributed by atoms with Gasteiger partial charge in [-0.2, -0.15) is 4.98 Å². The van der Waals surface area contributed by atoms with Crippen molar-refractivity contribution in [3.05, 3.63) is 34.4 Å². The number of hydrogen-bond donors (Lipinski definition) is 0. The summed E-state index contributed by atoms with van der Waals surface area (Å²) in [6.45, 7) is 0. The first-order chi connectivity index (χ1) is 9.13. The van der Waals surface area contributed by atoms with Crippen molar-refractivity contribution >= 4 is 35.0 Å². The summed E-state index contributed by atoms with van der Waals surface area (Å²) in [5.74, 6) is 1.20. The quantitative estimate of drug-likeness (QED) is 0.621. The Morgan fingerprint density at radius 3 is 2.63 bits per heavy atom. The first-order valence-electron chi connectivity index (χ1n) is 5.22. The van der Waals surface area contributed by atoms with Gasteiger partial charge < -0.3 is 9.47 Å². The molecule has 1 aromatic heterocycles. The van der Waals surface area contributed by atoms with Crippen molar-refractivity contribution in [3.8, 4) is 17.4 Å². The molecule has 0 spiro atoms. The average Bonchev–Trinajstić information content (AvgIpc) is 2.41. The van der Waals surface area contributed by atoms with Gasteiger partial charge in [-0.15, -0.1) is 0 Å². The predicted octanol–water partition coefficient (Wildman–Crippen LogP) is 4.31. The molecule has 0 bridgehead atoms. The van der Waals surface area contributed by atoms with Crippen LogP contribution in [0, 0.1) is 0 Å². The van der Waals surface area contributed by atoms with Crippen LogP contribution >= 0.6 is 35.0 Å². The standard InChI is InChI=1S/C12H10Cl2N2O2S/c1-17-10-6-15-12(19-2)16-11(10)18-9-4-3-7(13)5-8(9)14/h3-6H,1-2H3. The second-order valence-corrected chi connectivity index (χ2v) is 5.02. The molecule has 0 aliphatic carbocycles. The van der Waals surface area contributed by atoms with Crippen LogP contribution in [-0.2, 0) is 0 Å². The summed E-state index contributed by atoms with van der Waals surface area (Å²) < 4.78 is 10.8. The summed E-state index contributed by atoms with van der Waals surface area (Å²) in [7, 11) is 1.52. The largest absolute Gasteiger partial charge is 0.490 e. The van der Waals surface area contributed by atoms with Gasteiger partial charge in [0.1, 0.15) is 5.75 Å². The molecule has 0 aliphatic rings. The number of benzene rings is 1. The number of ether oxygens (including phenoxy) is 2. The highest BCUT2D eigenvalue weighted by Crippen LogP contribution is 2.35. The molecule has 0 saturated heterocycles. The van der Waals surface area contributed by atoms with E-state index < -0.39 is 0 Å². The van der Waals surface area contributed by atoms with E-state index >= 15 is 0 Å². The van der Waals surface area contributed by atoms with Crippen LogP contribution in [0.1, 0.15) is 0 Å². The molecule has 100 valence electrons. The molecule has 0 atom stereocenters. The van der Waals surface area contributed by atoms with Gasteiger partial charge in [-0.05, 0) is 24.5 Å². The smallest absolute Gasteiger partial charge is 0.266 e. The summed E-state index contributed by atoms with van der Waals surface area (Å²) in [6.07, 6.45) is 3.43. The van der Waals surface area contributed by atoms with Crippen molar-refractivity contribution in [2.24, 2.45) is 0 Å². The zero-order valence-electron chi connectivity index (χ0n) is 10.2. The van der Waals surface area contributed by atoms with E-state index in [0.29, 0.717) is 32.6 Å². The molecule has 19 heavy (non-hydrogen) atoms. The second-order valence-electron chi connectivity index (χ2n) is 3.41. The Balaban J connectivity index is 2.36. The minimum absolute atomic E-state index is 0.311. The SMILES string of the molecule is COc1cnc(SC)nc1Oc1ccc(Cl)cc1Cl. The zero-order chi connectivity index (χ0) is 13.8. The lowest BCUT2D eigenvalue weighted by atomic mass is 10.3. The van der Waals surface area contributed by atoms with E-state index in [1.807, 2.05) is 6.26 Å². The van der Waals surface area contributed by atoms with Gasteiger partial charge in [0.15, 0.2) is 10.9 Å². The van der Waals surface area contributed by atoms with Crippen molar-refractivity contribution < 1.29 is 9.47 Å².